The quantitative estimate of drug-likeness (QED) is 0.713. The maximum absolute atomic E-state index is 5.18. The molecule has 0 saturated carbocycles. The van der Waals surface area contributed by atoms with Crippen LogP contribution in [0.1, 0.15) is 73.5 Å². The molecule has 0 amide bonds. The molecule has 5 heteroatoms. The molecule has 1 fully saturated rings. The van der Waals surface area contributed by atoms with Crippen molar-refractivity contribution in [3.8, 4) is 0 Å². The van der Waals surface area contributed by atoms with Crippen LogP contribution in [0.25, 0.3) is 0 Å². The standard InChI is InChI=1S/C22H30N4S/c1-7-17-12-27-22-24-20(18-10-8-9-11-23-18)21(26(17)22)19-14(4)15(5)25(13(2)3)16(19)6/h8-11,13,17,20-21H,7,12H2,1-6H3/t17-,20+,21+/m0/s1. The van der Waals surface area contributed by atoms with E-state index in [1.165, 1.54) is 27.7 Å². The molecule has 27 heavy (non-hydrogen) atoms. The molecule has 2 aromatic heterocycles. The van der Waals surface area contributed by atoms with Crippen LogP contribution in [0.4, 0.5) is 0 Å². The molecule has 4 heterocycles. The number of amidine groups is 1. The first-order valence-electron chi connectivity index (χ1n) is 10.0. The summed E-state index contributed by atoms with van der Waals surface area (Å²) in [7, 11) is 0. The topological polar surface area (TPSA) is 33.4 Å². The summed E-state index contributed by atoms with van der Waals surface area (Å²) in [6.07, 6.45) is 3.05. The number of nitrogens with zero attached hydrogens (tertiary/aromatic N) is 4. The predicted molar refractivity (Wildman–Crippen MR) is 115 cm³/mol. The minimum atomic E-state index is 0.0721. The molecule has 2 aliphatic rings. The van der Waals surface area contributed by atoms with Crippen LogP contribution in [0.5, 0.6) is 0 Å². The lowest BCUT2D eigenvalue weighted by molar-refractivity contribution is 0.253. The number of aromatic nitrogens is 2. The Morgan fingerprint density at radius 3 is 2.56 bits per heavy atom. The van der Waals surface area contributed by atoms with E-state index in [1.807, 2.05) is 24.0 Å². The fourth-order valence-corrected chi connectivity index (χ4v) is 6.24. The SMILES string of the molecule is CC[C@H]1CSC2=N[C@H](c3ccccn3)[C@@H](c3c(C)c(C)n(C(C)C)c3C)N21. The van der Waals surface area contributed by atoms with Crippen molar-refractivity contribution in [2.45, 2.75) is 72.1 Å². The summed E-state index contributed by atoms with van der Waals surface area (Å²) in [4.78, 5) is 12.5. The van der Waals surface area contributed by atoms with Crippen LogP contribution in [-0.2, 0) is 0 Å². The van der Waals surface area contributed by atoms with Gasteiger partial charge in [-0.25, -0.2) is 0 Å². The lowest BCUT2D eigenvalue weighted by Gasteiger charge is -2.32. The fourth-order valence-electron chi connectivity index (χ4n) is 4.90. The van der Waals surface area contributed by atoms with Crippen LogP contribution in [-0.4, -0.2) is 31.4 Å². The van der Waals surface area contributed by atoms with Gasteiger partial charge in [0.05, 0.1) is 11.7 Å². The number of fused-ring (bicyclic) bond motifs is 1. The van der Waals surface area contributed by atoms with Gasteiger partial charge in [-0.3, -0.25) is 9.98 Å². The molecule has 0 spiro atoms. The smallest absolute Gasteiger partial charge is 0.160 e. The van der Waals surface area contributed by atoms with Crippen LogP contribution in [0.15, 0.2) is 29.4 Å². The molecule has 1 saturated heterocycles. The van der Waals surface area contributed by atoms with Crippen molar-refractivity contribution in [1.29, 1.82) is 0 Å². The molecule has 2 aromatic rings. The van der Waals surface area contributed by atoms with Crippen LogP contribution in [0, 0.1) is 20.8 Å². The van der Waals surface area contributed by atoms with Gasteiger partial charge in [-0.2, -0.15) is 0 Å². The molecular weight excluding hydrogens is 352 g/mol. The first-order chi connectivity index (χ1) is 13.0. The number of thioether (sulfide) groups is 1. The van der Waals surface area contributed by atoms with Gasteiger partial charge in [0.15, 0.2) is 5.17 Å². The Bertz CT molecular complexity index is 868. The third kappa shape index (κ3) is 2.82. The van der Waals surface area contributed by atoms with Crippen LogP contribution in [0.2, 0.25) is 0 Å². The highest BCUT2D eigenvalue weighted by molar-refractivity contribution is 8.14. The van der Waals surface area contributed by atoms with Gasteiger partial charge in [0.25, 0.3) is 0 Å². The maximum Gasteiger partial charge on any atom is 0.160 e. The molecule has 0 radical (unpaired) electrons. The number of hydrogen-bond acceptors (Lipinski definition) is 4. The van der Waals surface area contributed by atoms with Gasteiger partial charge in [0.2, 0.25) is 0 Å². The van der Waals surface area contributed by atoms with E-state index >= 15 is 0 Å². The first-order valence-corrected chi connectivity index (χ1v) is 11.0. The molecule has 144 valence electrons. The van der Waals surface area contributed by atoms with Crippen molar-refractivity contribution in [1.82, 2.24) is 14.5 Å². The minimum absolute atomic E-state index is 0.0721. The zero-order chi connectivity index (χ0) is 19.3. The number of aliphatic imine (C=N–C) groups is 1. The van der Waals surface area contributed by atoms with Crippen molar-refractivity contribution < 1.29 is 0 Å². The highest BCUT2D eigenvalue weighted by atomic mass is 32.2. The van der Waals surface area contributed by atoms with Crippen molar-refractivity contribution in [3.05, 3.63) is 52.6 Å². The van der Waals surface area contributed by atoms with Crippen LogP contribution < -0.4 is 0 Å². The Labute approximate surface area is 167 Å². The van der Waals surface area contributed by atoms with Gasteiger partial charge in [-0.05, 0) is 58.7 Å². The van der Waals surface area contributed by atoms with E-state index in [0.717, 1.165) is 17.9 Å². The van der Waals surface area contributed by atoms with Gasteiger partial charge in [0, 0.05) is 41.0 Å². The zero-order valence-corrected chi connectivity index (χ0v) is 18.0. The molecule has 0 aromatic carbocycles. The number of pyridine rings is 1. The zero-order valence-electron chi connectivity index (χ0n) is 17.2. The van der Waals surface area contributed by atoms with E-state index in [-0.39, 0.29) is 12.1 Å². The highest BCUT2D eigenvalue weighted by Crippen LogP contribution is 2.50. The molecule has 0 aliphatic carbocycles. The molecule has 3 atom stereocenters. The van der Waals surface area contributed by atoms with E-state index in [4.69, 9.17) is 4.99 Å². The summed E-state index contributed by atoms with van der Waals surface area (Å²) in [5.41, 5.74) is 6.71. The number of hydrogen-bond donors (Lipinski definition) is 0. The van der Waals surface area contributed by atoms with Crippen molar-refractivity contribution in [3.63, 3.8) is 0 Å². The number of rotatable bonds is 4. The van der Waals surface area contributed by atoms with E-state index in [9.17, 15) is 0 Å². The average molecular weight is 383 g/mol. The Morgan fingerprint density at radius 1 is 1.19 bits per heavy atom. The van der Waals surface area contributed by atoms with E-state index in [1.54, 1.807) is 0 Å². The summed E-state index contributed by atoms with van der Waals surface area (Å²) in [5.74, 6) is 1.14. The van der Waals surface area contributed by atoms with Crippen molar-refractivity contribution in [2.24, 2.45) is 4.99 Å². The van der Waals surface area contributed by atoms with Gasteiger partial charge in [-0.15, -0.1) is 0 Å². The maximum atomic E-state index is 5.18. The second-order valence-corrected chi connectivity index (χ2v) is 9.00. The second kappa shape index (κ2) is 7.01. The normalized spacial score (nSPS) is 24.6. The van der Waals surface area contributed by atoms with Crippen LogP contribution in [0.3, 0.4) is 0 Å². The minimum Gasteiger partial charge on any atom is -0.346 e. The first kappa shape index (κ1) is 18.6. The van der Waals surface area contributed by atoms with Gasteiger partial charge in [0.1, 0.15) is 6.04 Å². The Balaban J connectivity index is 1.89. The third-order valence-corrected chi connectivity index (χ3v) is 7.33. The Kier molecular flexibility index (Phi) is 4.83. The molecule has 0 N–H and O–H groups in total. The molecule has 4 nitrogen and oxygen atoms in total. The lowest BCUT2D eigenvalue weighted by Crippen LogP contribution is -2.35. The van der Waals surface area contributed by atoms with Crippen LogP contribution >= 0.6 is 11.8 Å². The molecule has 2 aliphatic heterocycles. The summed E-state index contributed by atoms with van der Waals surface area (Å²) < 4.78 is 2.49. The Hall–Kier alpha value is -1.75. The summed E-state index contributed by atoms with van der Waals surface area (Å²) in [5, 5.41) is 1.20. The summed E-state index contributed by atoms with van der Waals surface area (Å²) in [6, 6.07) is 7.53. The van der Waals surface area contributed by atoms with Gasteiger partial charge >= 0.3 is 0 Å². The van der Waals surface area contributed by atoms with Gasteiger partial charge in [-0.1, -0.05) is 24.8 Å². The molecular formula is C22H30N4S. The lowest BCUT2D eigenvalue weighted by atomic mass is 9.92. The summed E-state index contributed by atoms with van der Waals surface area (Å²) in [6.45, 7) is 13.7. The highest BCUT2D eigenvalue weighted by Gasteiger charge is 2.47. The average Bonchev–Trinajstić information content (AvgIpc) is 3.27. The van der Waals surface area contributed by atoms with E-state index < -0.39 is 0 Å². The van der Waals surface area contributed by atoms with Crippen molar-refractivity contribution in [2.75, 3.05) is 5.75 Å². The van der Waals surface area contributed by atoms with Gasteiger partial charge < -0.3 is 9.47 Å². The molecule has 4 rings (SSSR count). The van der Waals surface area contributed by atoms with Crippen molar-refractivity contribution >= 4 is 16.9 Å². The third-order valence-electron chi connectivity index (χ3n) is 6.20. The largest absolute Gasteiger partial charge is 0.346 e. The van der Waals surface area contributed by atoms with E-state index in [0.29, 0.717) is 12.1 Å². The predicted octanol–water partition coefficient (Wildman–Crippen LogP) is 5.37. The fraction of sp³-hybridized carbons (Fsp3) is 0.545. The Morgan fingerprint density at radius 2 is 1.96 bits per heavy atom. The monoisotopic (exact) mass is 382 g/mol. The van der Waals surface area contributed by atoms with E-state index in [2.05, 4.69) is 68.1 Å². The molecule has 0 unspecified atom stereocenters. The summed E-state index contributed by atoms with van der Waals surface area (Å²) >= 11 is 1.91. The second-order valence-electron chi connectivity index (χ2n) is 8.01. The molecule has 0 bridgehead atoms.